The van der Waals surface area contributed by atoms with Gasteiger partial charge in [0.25, 0.3) is 11.8 Å². The van der Waals surface area contributed by atoms with Gasteiger partial charge in [0.2, 0.25) is 5.91 Å². The van der Waals surface area contributed by atoms with Crippen molar-refractivity contribution in [3.05, 3.63) is 63.8 Å². The monoisotopic (exact) mass is 584 g/mol. The summed E-state index contributed by atoms with van der Waals surface area (Å²) in [4.78, 5) is 57.7. The molecule has 13 nitrogen and oxygen atoms in total. The second-order valence-corrected chi connectivity index (χ2v) is 11.1. The van der Waals surface area contributed by atoms with Crippen molar-refractivity contribution >= 4 is 57.6 Å². The molecule has 0 radical (unpaired) electrons. The molecule has 3 amide bonds. The lowest BCUT2D eigenvalue weighted by Crippen LogP contribution is -2.71. The maximum absolute atomic E-state index is 13.1. The number of nitrogen functional groups attached to an aromatic ring is 1. The molecular weight excluding hydrogens is 560 g/mol. The number of allylic oxidation sites excluding steroid dienone is 1. The van der Waals surface area contributed by atoms with Crippen LogP contribution >= 0.6 is 23.1 Å². The Morgan fingerprint density at radius 2 is 2.15 bits per heavy atom. The van der Waals surface area contributed by atoms with Crippen molar-refractivity contribution in [2.75, 3.05) is 25.1 Å². The number of fused-ring (bicyclic) bond motifs is 1. The zero-order chi connectivity index (χ0) is 28.6. The highest BCUT2D eigenvalue weighted by Crippen LogP contribution is 2.41. The zero-order valence-corrected chi connectivity index (χ0v) is 22.7. The summed E-state index contributed by atoms with van der Waals surface area (Å²) in [7, 11) is 1.57. The number of hydrogen-bond donors (Lipinski definition) is 4. The number of nitrogens with two attached hydrogens (primary N) is 1. The molecule has 208 valence electrons. The van der Waals surface area contributed by atoms with Crippen molar-refractivity contribution < 1.29 is 34.2 Å². The first-order chi connectivity index (χ1) is 19.2. The molecule has 0 saturated carbocycles. The van der Waals surface area contributed by atoms with Crippen LogP contribution in [-0.2, 0) is 25.7 Å². The van der Waals surface area contributed by atoms with Gasteiger partial charge < -0.3 is 31.0 Å². The molecule has 4 heterocycles. The van der Waals surface area contributed by atoms with Gasteiger partial charge in [0, 0.05) is 29.8 Å². The molecule has 3 aliphatic heterocycles. The molecular formula is C25H24N6O7S2. The smallest absolute Gasteiger partial charge is 0.352 e. The highest BCUT2D eigenvalue weighted by Gasteiger charge is 2.54. The van der Waals surface area contributed by atoms with Crippen molar-refractivity contribution in [1.82, 2.24) is 20.1 Å². The quantitative estimate of drug-likeness (QED) is 0.115. The summed E-state index contributed by atoms with van der Waals surface area (Å²) in [5, 5.41) is 25.7. The number of methoxy groups -OCH3 is 1. The van der Waals surface area contributed by atoms with Crippen molar-refractivity contribution in [1.29, 1.82) is 0 Å². The molecule has 5 rings (SSSR count). The van der Waals surface area contributed by atoms with Crippen molar-refractivity contribution in [2.45, 2.75) is 24.4 Å². The van der Waals surface area contributed by atoms with Gasteiger partial charge in [-0.3, -0.25) is 19.3 Å². The van der Waals surface area contributed by atoms with E-state index in [0.29, 0.717) is 36.4 Å². The van der Waals surface area contributed by atoms with Crippen LogP contribution < -0.4 is 15.8 Å². The third-order valence-corrected chi connectivity index (χ3v) is 8.61. The SMILES string of the molecule is COc1cccc(CN2CCC(=CC3=C(C(=O)O)N4C(=O)[C@@H](NC(=O)C(=NO)c5csc(N)n5)[C@H]4SC3)C2=O)c1. The van der Waals surface area contributed by atoms with Crippen LogP contribution in [0.4, 0.5) is 5.13 Å². The number of aromatic nitrogens is 1. The van der Waals surface area contributed by atoms with E-state index < -0.39 is 34.9 Å². The Kier molecular flexibility index (Phi) is 7.49. The van der Waals surface area contributed by atoms with Crippen LogP contribution in [0.2, 0.25) is 0 Å². The Labute approximate surface area is 236 Å². The number of nitrogens with one attached hydrogen (secondary N) is 1. The molecule has 0 unspecified atom stereocenters. The number of hydrogen-bond acceptors (Lipinski definition) is 11. The zero-order valence-electron chi connectivity index (χ0n) is 21.1. The highest BCUT2D eigenvalue weighted by atomic mass is 32.2. The van der Waals surface area contributed by atoms with Gasteiger partial charge in [0.05, 0.1) is 7.11 Å². The van der Waals surface area contributed by atoms with Crippen LogP contribution in [0, 0.1) is 0 Å². The van der Waals surface area contributed by atoms with Gasteiger partial charge in [-0.2, -0.15) is 0 Å². The summed E-state index contributed by atoms with van der Waals surface area (Å²) in [6, 6.07) is 6.37. The van der Waals surface area contributed by atoms with Crippen LogP contribution in [-0.4, -0.2) is 85.3 Å². The molecule has 3 aliphatic rings. The fraction of sp³-hybridized carbons (Fsp3) is 0.280. The van der Waals surface area contributed by atoms with E-state index in [4.69, 9.17) is 10.5 Å². The summed E-state index contributed by atoms with van der Waals surface area (Å²) in [6.45, 7) is 0.858. The van der Waals surface area contributed by atoms with E-state index in [1.807, 2.05) is 24.3 Å². The van der Waals surface area contributed by atoms with E-state index in [9.17, 15) is 29.5 Å². The summed E-state index contributed by atoms with van der Waals surface area (Å²) in [5.41, 5.74) is 6.68. The number of oxime groups is 1. The molecule has 40 heavy (non-hydrogen) atoms. The third-order valence-electron chi connectivity index (χ3n) is 6.64. The fourth-order valence-corrected chi connectivity index (χ4v) is 6.58. The first kappa shape index (κ1) is 27.2. The number of amides is 3. The number of anilines is 1. The van der Waals surface area contributed by atoms with E-state index in [0.717, 1.165) is 21.8 Å². The Balaban J connectivity index is 1.31. The summed E-state index contributed by atoms with van der Waals surface area (Å²) in [6.07, 6.45) is 1.99. The molecule has 0 aliphatic carbocycles. The standard InChI is InChI=1S/C25H24N6O7S2/c1-38-15-4-2-3-12(7-15)9-30-6-5-13(21(30)33)8-14-10-39-23-18(22(34)31(23)19(14)24(35)36)28-20(32)17(29-37)16-11-40-25(26)27-16/h2-4,7-8,11,18,23,37H,5-6,9-10H2,1H3,(H2,26,27)(H,28,32)(H,35,36)/t18-,23-/m1/s1. The van der Waals surface area contributed by atoms with Crippen molar-refractivity contribution in [3.63, 3.8) is 0 Å². The number of carboxylic acid groups (broad SMARTS) is 1. The Bertz CT molecular complexity index is 1500. The predicted molar refractivity (Wildman–Crippen MR) is 146 cm³/mol. The Hall–Kier alpha value is -4.37. The number of likely N-dealkylation sites (tertiary alicyclic amines) is 1. The lowest BCUT2D eigenvalue weighted by molar-refractivity contribution is -0.150. The fourth-order valence-electron chi connectivity index (χ4n) is 4.73. The molecule has 1 aromatic heterocycles. The number of benzene rings is 1. The largest absolute Gasteiger partial charge is 0.497 e. The summed E-state index contributed by atoms with van der Waals surface area (Å²) < 4.78 is 5.24. The molecule has 2 saturated heterocycles. The minimum atomic E-state index is -1.32. The maximum Gasteiger partial charge on any atom is 0.352 e. The first-order valence-electron chi connectivity index (χ1n) is 12.0. The number of rotatable bonds is 8. The molecule has 0 spiro atoms. The normalized spacial score (nSPS) is 21.9. The number of ether oxygens (including phenoxy) is 1. The van der Waals surface area contributed by atoms with Crippen LogP contribution in [0.15, 0.2) is 57.7 Å². The number of carbonyl (C=O) groups is 4. The third kappa shape index (κ3) is 5.00. The lowest BCUT2D eigenvalue weighted by atomic mass is 10.0. The van der Waals surface area contributed by atoms with Crippen LogP contribution in [0.3, 0.4) is 0 Å². The van der Waals surface area contributed by atoms with Gasteiger partial charge >= 0.3 is 5.97 Å². The minimum absolute atomic E-state index is 0.0455. The van der Waals surface area contributed by atoms with Gasteiger partial charge in [-0.25, -0.2) is 9.78 Å². The average molecular weight is 585 g/mol. The summed E-state index contributed by atoms with van der Waals surface area (Å²) >= 11 is 2.31. The van der Waals surface area contributed by atoms with Crippen molar-refractivity contribution in [3.8, 4) is 5.75 Å². The highest BCUT2D eigenvalue weighted by molar-refractivity contribution is 8.00. The summed E-state index contributed by atoms with van der Waals surface area (Å²) in [5.74, 6) is -2.11. The number of carbonyl (C=O) groups excluding carboxylic acids is 3. The number of β-lactam (4-membered cyclic amide) rings is 1. The topological polar surface area (TPSA) is 188 Å². The molecule has 15 heteroatoms. The first-order valence-corrected chi connectivity index (χ1v) is 13.9. The van der Waals surface area contributed by atoms with Gasteiger partial charge in [0.15, 0.2) is 10.8 Å². The second kappa shape index (κ2) is 11.0. The maximum atomic E-state index is 13.1. The molecule has 2 atom stereocenters. The molecule has 2 fully saturated rings. The predicted octanol–water partition coefficient (Wildman–Crippen LogP) is 1.01. The van der Waals surface area contributed by atoms with Crippen LogP contribution in [0.25, 0.3) is 0 Å². The Morgan fingerprint density at radius 1 is 1.35 bits per heavy atom. The minimum Gasteiger partial charge on any atom is -0.497 e. The Morgan fingerprint density at radius 3 is 2.83 bits per heavy atom. The molecule has 1 aromatic carbocycles. The van der Waals surface area contributed by atoms with Crippen molar-refractivity contribution in [2.24, 2.45) is 5.16 Å². The van der Waals surface area contributed by atoms with Gasteiger partial charge in [-0.1, -0.05) is 17.3 Å². The lowest BCUT2D eigenvalue weighted by Gasteiger charge is -2.49. The van der Waals surface area contributed by atoms with E-state index >= 15 is 0 Å². The second-order valence-electron chi connectivity index (χ2n) is 9.06. The van der Waals surface area contributed by atoms with Gasteiger partial charge in [-0.15, -0.1) is 23.1 Å². The van der Waals surface area contributed by atoms with E-state index in [1.165, 1.54) is 17.1 Å². The van der Waals surface area contributed by atoms with Gasteiger partial charge in [-0.05, 0) is 35.8 Å². The number of thioether (sulfide) groups is 1. The van der Waals surface area contributed by atoms with E-state index in [2.05, 4.69) is 15.5 Å². The van der Waals surface area contributed by atoms with Crippen LogP contribution in [0.1, 0.15) is 17.7 Å². The molecule has 5 N–H and O–H groups in total. The van der Waals surface area contributed by atoms with Gasteiger partial charge in [0.1, 0.15) is 28.6 Å². The number of carboxylic acids is 1. The van der Waals surface area contributed by atoms with E-state index in [-0.39, 0.29) is 28.2 Å². The number of thiazole rings is 1. The average Bonchev–Trinajstić information content (AvgIpc) is 3.52. The number of aliphatic carboxylic acids is 1. The number of nitrogens with zero attached hydrogens (tertiary/aromatic N) is 4. The van der Waals surface area contributed by atoms with E-state index in [1.54, 1.807) is 18.1 Å². The molecule has 2 aromatic rings. The molecule has 0 bridgehead atoms. The van der Waals surface area contributed by atoms with Crippen LogP contribution in [0.5, 0.6) is 5.75 Å².